The minimum atomic E-state index is -0.256. The van der Waals surface area contributed by atoms with Crippen molar-refractivity contribution in [1.29, 1.82) is 0 Å². The molecule has 0 N–H and O–H groups in total. The van der Waals surface area contributed by atoms with Crippen LogP contribution >= 0.6 is 0 Å². The molecule has 0 aliphatic carbocycles. The predicted molar refractivity (Wildman–Crippen MR) is 137 cm³/mol. The second-order valence-corrected chi connectivity index (χ2v) is 9.64. The van der Waals surface area contributed by atoms with E-state index in [-0.39, 0.29) is 11.7 Å². The van der Waals surface area contributed by atoms with Crippen LogP contribution in [0.25, 0.3) is 0 Å². The first-order chi connectivity index (χ1) is 16.5. The quantitative estimate of drug-likeness (QED) is 0.291. The third kappa shape index (κ3) is 11.0. The average Bonchev–Trinajstić information content (AvgIpc) is 2.85. The zero-order valence-corrected chi connectivity index (χ0v) is 21.6. The monoisotopic (exact) mass is 475 g/mol. The third-order valence-electron chi connectivity index (χ3n) is 6.79. The van der Waals surface area contributed by atoms with Gasteiger partial charge < -0.3 is 9.80 Å². The molecule has 0 radical (unpaired) electrons. The van der Waals surface area contributed by atoms with E-state index >= 15 is 0 Å². The first-order valence-electron chi connectivity index (χ1n) is 13.6. The van der Waals surface area contributed by atoms with E-state index in [0.717, 1.165) is 70.4 Å². The van der Waals surface area contributed by atoms with E-state index in [4.69, 9.17) is 0 Å². The molecule has 6 heteroatoms. The second-order valence-electron chi connectivity index (χ2n) is 9.64. The molecule has 0 bridgehead atoms. The van der Waals surface area contributed by atoms with E-state index < -0.39 is 0 Å². The number of benzene rings is 1. The highest BCUT2D eigenvalue weighted by Crippen LogP contribution is 2.13. The van der Waals surface area contributed by atoms with Gasteiger partial charge in [-0.05, 0) is 30.5 Å². The van der Waals surface area contributed by atoms with Crippen molar-refractivity contribution in [3.05, 3.63) is 35.6 Å². The minimum Gasteiger partial charge on any atom is -0.340 e. The van der Waals surface area contributed by atoms with Gasteiger partial charge in [0.2, 0.25) is 11.8 Å². The molecule has 2 amide bonds. The summed E-state index contributed by atoms with van der Waals surface area (Å²) >= 11 is 0. The van der Waals surface area contributed by atoms with Gasteiger partial charge in [-0.15, -0.1) is 0 Å². The van der Waals surface area contributed by atoms with Crippen LogP contribution in [0, 0.1) is 5.82 Å². The van der Waals surface area contributed by atoms with E-state index in [1.165, 1.54) is 37.8 Å². The van der Waals surface area contributed by atoms with Gasteiger partial charge in [0.15, 0.2) is 0 Å². The normalized spacial score (nSPS) is 14.4. The lowest BCUT2D eigenvalue weighted by atomic mass is 10.1. The summed E-state index contributed by atoms with van der Waals surface area (Å²) in [5.74, 6) is 0.207. The van der Waals surface area contributed by atoms with Gasteiger partial charge in [-0.2, -0.15) is 0 Å². The zero-order chi connectivity index (χ0) is 24.6. The average molecular weight is 476 g/mol. The number of rotatable bonds is 16. The van der Waals surface area contributed by atoms with Crippen molar-refractivity contribution < 1.29 is 14.0 Å². The van der Waals surface area contributed by atoms with Crippen LogP contribution in [0.2, 0.25) is 0 Å². The lowest BCUT2D eigenvalue weighted by molar-refractivity contribution is -0.133. The summed E-state index contributed by atoms with van der Waals surface area (Å²) in [5.41, 5.74) is 0.954. The van der Waals surface area contributed by atoms with E-state index in [9.17, 15) is 14.0 Å². The van der Waals surface area contributed by atoms with Crippen molar-refractivity contribution in [3.8, 4) is 0 Å². The van der Waals surface area contributed by atoms with Gasteiger partial charge in [0.1, 0.15) is 5.82 Å². The number of carbonyl (C=O) groups excluding carboxylic acids is 2. The highest BCUT2D eigenvalue weighted by molar-refractivity contribution is 5.76. The van der Waals surface area contributed by atoms with Crippen LogP contribution in [0.15, 0.2) is 24.3 Å². The van der Waals surface area contributed by atoms with Gasteiger partial charge in [0, 0.05) is 58.7 Å². The highest BCUT2D eigenvalue weighted by Gasteiger charge is 2.22. The number of amides is 2. The summed E-state index contributed by atoms with van der Waals surface area (Å²) in [6.07, 6.45) is 11.5. The van der Waals surface area contributed by atoms with Crippen LogP contribution in [-0.2, 0) is 16.1 Å². The molecule has 1 aliphatic rings. The largest absolute Gasteiger partial charge is 0.340 e. The molecule has 192 valence electrons. The van der Waals surface area contributed by atoms with Gasteiger partial charge in [0.25, 0.3) is 0 Å². The third-order valence-corrected chi connectivity index (χ3v) is 6.79. The summed E-state index contributed by atoms with van der Waals surface area (Å²) in [6.45, 7) is 9.61. The number of hydrogen-bond donors (Lipinski definition) is 0. The molecule has 1 aromatic carbocycles. The summed E-state index contributed by atoms with van der Waals surface area (Å²) < 4.78 is 13.3. The fourth-order valence-corrected chi connectivity index (χ4v) is 4.48. The fraction of sp³-hybridized carbons (Fsp3) is 0.714. The lowest BCUT2D eigenvalue weighted by Crippen LogP contribution is -2.50. The van der Waals surface area contributed by atoms with Crippen molar-refractivity contribution in [3.63, 3.8) is 0 Å². The van der Waals surface area contributed by atoms with Crippen molar-refractivity contribution >= 4 is 11.8 Å². The minimum absolute atomic E-state index is 0.172. The molecule has 0 atom stereocenters. The molecule has 1 aliphatic heterocycles. The number of piperazine rings is 1. The molecule has 1 aromatic rings. The summed E-state index contributed by atoms with van der Waals surface area (Å²) in [7, 11) is 0. The summed E-state index contributed by atoms with van der Waals surface area (Å²) in [6, 6.07) is 6.43. The number of carbonyl (C=O) groups is 2. The number of hydrogen-bond acceptors (Lipinski definition) is 3. The Morgan fingerprint density at radius 2 is 1.41 bits per heavy atom. The van der Waals surface area contributed by atoms with Crippen LogP contribution in [0.5, 0.6) is 0 Å². The van der Waals surface area contributed by atoms with E-state index in [0.29, 0.717) is 31.8 Å². The van der Waals surface area contributed by atoms with Gasteiger partial charge >= 0.3 is 0 Å². The van der Waals surface area contributed by atoms with E-state index in [1.807, 2.05) is 9.80 Å². The summed E-state index contributed by atoms with van der Waals surface area (Å²) in [4.78, 5) is 31.7. The molecule has 5 nitrogen and oxygen atoms in total. The van der Waals surface area contributed by atoms with Crippen LogP contribution in [0.3, 0.4) is 0 Å². The maximum atomic E-state index is 13.3. The number of unbranched alkanes of at least 4 members (excludes halogenated alkanes) is 7. The maximum absolute atomic E-state index is 13.3. The Balaban J connectivity index is 1.75. The molecule has 0 spiro atoms. The van der Waals surface area contributed by atoms with Crippen LogP contribution in [0.1, 0.15) is 90.0 Å². The smallest absolute Gasteiger partial charge is 0.222 e. The first-order valence-corrected chi connectivity index (χ1v) is 13.6. The predicted octanol–water partition coefficient (Wildman–Crippen LogP) is 5.63. The molecule has 0 aromatic heterocycles. The number of halogens is 1. The highest BCUT2D eigenvalue weighted by atomic mass is 19.1. The summed E-state index contributed by atoms with van der Waals surface area (Å²) in [5, 5.41) is 0. The SMILES string of the molecule is CCCCCCCCC(=O)N1CCN(CCN(Cc2ccc(F)cc2)C(=O)CCCCC)CC1. The lowest BCUT2D eigenvalue weighted by Gasteiger charge is -2.36. The topological polar surface area (TPSA) is 43.9 Å². The zero-order valence-electron chi connectivity index (χ0n) is 21.6. The van der Waals surface area contributed by atoms with Gasteiger partial charge in [-0.25, -0.2) is 4.39 Å². The number of nitrogens with zero attached hydrogens (tertiary/aromatic N) is 3. The Hall–Kier alpha value is -1.95. The first kappa shape index (κ1) is 28.3. The van der Waals surface area contributed by atoms with E-state index in [2.05, 4.69) is 18.7 Å². The maximum Gasteiger partial charge on any atom is 0.222 e. The van der Waals surface area contributed by atoms with Crippen molar-refractivity contribution in [2.45, 2.75) is 91.0 Å². The van der Waals surface area contributed by atoms with Gasteiger partial charge in [-0.3, -0.25) is 14.5 Å². The fourth-order valence-electron chi connectivity index (χ4n) is 4.48. The Morgan fingerprint density at radius 1 is 0.824 bits per heavy atom. The van der Waals surface area contributed by atoms with Crippen LogP contribution in [-0.4, -0.2) is 65.8 Å². The molecular formula is C28H46FN3O2. The second kappa shape index (κ2) is 16.6. The standard InChI is InChI=1S/C28H46FN3O2/c1-3-5-7-8-9-11-13-27(33)31-21-18-30(19-22-31)20-23-32(28(34)12-10-6-4-2)24-25-14-16-26(29)17-15-25/h14-17H,3-13,18-24H2,1-2H3. The molecule has 1 fully saturated rings. The molecule has 1 saturated heterocycles. The molecule has 2 rings (SSSR count). The Bertz CT molecular complexity index is 702. The van der Waals surface area contributed by atoms with Gasteiger partial charge in [-0.1, -0.05) is 70.9 Å². The van der Waals surface area contributed by atoms with Crippen molar-refractivity contribution in [2.24, 2.45) is 0 Å². The van der Waals surface area contributed by atoms with Crippen molar-refractivity contribution in [2.75, 3.05) is 39.3 Å². The van der Waals surface area contributed by atoms with Crippen LogP contribution < -0.4 is 0 Å². The molecule has 34 heavy (non-hydrogen) atoms. The van der Waals surface area contributed by atoms with Crippen molar-refractivity contribution in [1.82, 2.24) is 14.7 Å². The Kier molecular flexibility index (Phi) is 13.8. The molecule has 1 heterocycles. The van der Waals surface area contributed by atoms with Crippen LogP contribution in [0.4, 0.5) is 4.39 Å². The molecule has 0 unspecified atom stereocenters. The van der Waals surface area contributed by atoms with Gasteiger partial charge in [0.05, 0.1) is 0 Å². The Labute approximate surface area is 206 Å². The van der Waals surface area contributed by atoms with E-state index in [1.54, 1.807) is 12.1 Å². The molecule has 0 saturated carbocycles. The Morgan fingerprint density at radius 3 is 2.09 bits per heavy atom. The molecular weight excluding hydrogens is 429 g/mol.